The summed E-state index contributed by atoms with van der Waals surface area (Å²) in [7, 11) is 3.23. The van der Waals surface area contributed by atoms with Crippen LogP contribution in [0.4, 0.5) is 5.13 Å². The maximum atomic E-state index is 13.0. The van der Waals surface area contributed by atoms with Crippen LogP contribution in [0.3, 0.4) is 0 Å². The first-order valence-corrected chi connectivity index (χ1v) is 10.2. The molecule has 0 spiro atoms. The summed E-state index contributed by atoms with van der Waals surface area (Å²) in [6.07, 6.45) is 0. The van der Waals surface area contributed by atoms with Gasteiger partial charge in [0.1, 0.15) is 11.5 Å². The van der Waals surface area contributed by atoms with E-state index in [0.717, 1.165) is 16.7 Å². The molecule has 1 aromatic heterocycles. The lowest BCUT2D eigenvalue weighted by Crippen LogP contribution is -2.13. The molecule has 1 amide bonds. The van der Waals surface area contributed by atoms with E-state index >= 15 is 0 Å². The third kappa shape index (κ3) is 4.04. The van der Waals surface area contributed by atoms with E-state index in [-0.39, 0.29) is 5.91 Å². The molecule has 3 aromatic carbocycles. The summed E-state index contributed by atoms with van der Waals surface area (Å²) in [6, 6.07) is 22.9. The van der Waals surface area contributed by atoms with Crippen LogP contribution in [0.25, 0.3) is 22.4 Å². The molecule has 0 aliphatic carbocycles. The monoisotopic (exact) mass is 416 g/mol. The van der Waals surface area contributed by atoms with Crippen molar-refractivity contribution in [2.75, 3.05) is 19.5 Å². The minimum absolute atomic E-state index is 0.201. The summed E-state index contributed by atoms with van der Waals surface area (Å²) < 4.78 is 10.8. The van der Waals surface area contributed by atoms with Gasteiger partial charge in [0.15, 0.2) is 5.13 Å². The van der Waals surface area contributed by atoms with Gasteiger partial charge in [0.25, 0.3) is 5.91 Å². The number of nitrogens with zero attached hydrogens (tertiary/aromatic N) is 1. The minimum Gasteiger partial charge on any atom is -0.497 e. The number of rotatable bonds is 6. The predicted molar refractivity (Wildman–Crippen MR) is 120 cm³/mol. The zero-order chi connectivity index (χ0) is 20.9. The highest BCUT2D eigenvalue weighted by molar-refractivity contribution is 7.14. The number of methoxy groups -OCH3 is 2. The number of hydrogen-bond acceptors (Lipinski definition) is 5. The van der Waals surface area contributed by atoms with Crippen molar-refractivity contribution in [1.82, 2.24) is 4.98 Å². The van der Waals surface area contributed by atoms with Crippen molar-refractivity contribution in [3.63, 3.8) is 0 Å². The van der Waals surface area contributed by atoms with Crippen LogP contribution in [0.2, 0.25) is 0 Å². The molecule has 0 aliphatic heterocycles. The second-order valence-electron chi connectivity index (χ2n) is 6.47. The van der Waals surface area contributed by atoms with Gasteiger partial charge in [-0.1, -0.05) is 48.5 Å². The van der Waals surface area contributed by atoms with Crippen molar-refractivity contribution in [3.8, 4) is 33.9 Å². The number of ether oxygens (including phenoxy) is 2. The molecular weight excluding hydrogens is 396 g/mol. The van der Waals surface area contributed by atoms with Gasteiger partial charge in [-0.25, -0.2) is 4.98 Å². The van der Waals surface area contributed by atoms with Gasteiger partial charge in [0.2, 0.25) is 0 Å². The molecule has 0 saturated carbocycles. The Morgan fingerprint density at radius 1 is 0.900 bits per heavy atom. The van der Waals surface area contributed by atoms with Crippen LogP contribution in [0.15, 0.2) is 78.2 Å². The lowest BCUT2D eigenvalue weighted by atomic mass is 9.99. The minimum atomic E-state index is -0.201. The summed E-state index contributed by atoms with van der Waals surface area (Å²) in [5.41, 5.74) is 3.98. The highest BCUT2D eigenvalue weighted by Gasteiger charge is 2.16. The van der Waals surface area contributed by atoms with Crippen molar-refractivity contribution in [2.45, 2.75) is 0 Å². The Labute approximate surface area is 178 Å². The van der Waals surface area contributed by atoms with Crippen LogP contribution in [-0.4, -0.2) is 25.1 Å². The van der Waals surface area contributed by atoms with Crippen LogP contribution < -0.4 is 14.8 Å². The fraction of sp³-hybridized carbons (Fsp3) is 0.0833. The number of carbonyl (C=O) groups is 1. The summed E-state index contributed by atoms with van der Waals surface area (Å²) in [5, 5.41) is 5.32. The van der Waals surface area contributed by atoms with Gasteiger partial charge in [-0.15, -0.1) is 11.3 Å². The van der Waals surface area contributed by atoms with Crippen LogP contribution >= 0.6 is 11.3 Å². The van der Waals surface area contributed by atoms with E-state index in [1.165, 1.54) is 11.3 Å². The average Bonchev–Trinajstić information content (AvgIpc) is 3.27. The van der Waals surface area contributed by atoms with Crippen LogP contribution in [-0.2, 0) is 0 Å². The molecule has 1 N–H and O–H groups in total. The Balaban J connectivity index is 1.61. The lowest BCUT2D eigenvalue weighted by Gasteiger charge is -2.09. The van der Waals surface area contributed by atoms with Gasteiger partial charge in [-0.05, 0) is 35.4 Å². The molecule has 0 bridgehead atoms. The Morgan fingerprint density at radius 3 is 2.43 bits per heavy atom. The second-order valence-corrected chi connectivity index (χ2v) is 7.33. The number of thiazole rings is 1. The van der Waals surface area contributed by atoms with Gasteiger partial charge in [-0.2, -0.15) is 0 Å². The smallest absolute Gasteiger partial charge is 0.258 e. The molecule has 0 aliphatic rings. The Hall–Kier alpha value is -3.64. The first-order chi connectivity index (χ1) is 14.7. The van der Waals surface area contributed by atoms with Gasteiger partial charge in [0, 0.05) is 16.5 Å². The zero-order valence-corrected chi connectivity index (χ0v) is 17.4. The Bertz CT molecular complexity index is 1170. The summed E-state index contributed by atoms with van der Waals surface area (Å²) in [5.74, 6) is 1.20. The maximum Gasteiger partial charge on any atom is 0.258 e. The van der Waals surface area contributed by atoms with E-state index in [1.54, 1.807) is 14.2 Å². The summed E-state index contributed by atoms with van der Waals surface area (Å²) in [6.45, 7) is 0. The fourth-order valence-corrected chi connectivity index (χ4v) is 3.89. The molecule has 4 rings (SSSR count). The molecule has 0 atom stereocenters. The third-order valence-electron chi connectivity index (χ3n) is 4.66. The number of benzene rings is 3. The molecule has 0 saturated heterocycles. The Morgan fingerprint density at radius 2 is 1.67 bits per heavy atom. The van der Waals surface area contributed by atoms with Gasteiger partial charge >= 0.3 is 0 Å². The van der Waals surface area contributed by atoms with Crippen LogP contribution in [0, 0.1) is 0 Å². The second kappa shape index (κ2) is 8.80. The molecule has 0 fully saturated rings. The van der Waals surface area contributed by atoms with Gasteiger partial charge < -0.3 is 9.47 Å². The predicted octanol–water partition coefficient (Wildman–Crippen LogP) is 5.75. The Kier molecular flexibility index (Phi) is 5.77. The number of anilines is 1. The van der Waals surface area contributed by atoms with E-state index in [9.17, 15) is 4.79 Å². The maximum absolute atomic E-state index is 13.0. The first kappa shape index (κ1) is 19.7. The standard InChI is InChI=1S/C24H20N2O3S/c1-28-17-12-13-22(29-2)20(14-17)21-15-30-24(25-21)26-23(27)19-11-7-6-10-18(19)16-8-4-3-5-9-16/h3-15H,1-2H3,(H,25,26,27). The van der Waals surface area contributed by atoms with E-state index in [2.05, 4.69) is 10.3 Å². The van der Waals surface area contributed by atoms with Gasteiger partial charge in [0.05, 0.1) is 19.9 Å². The van der Waals surface area contributed by atoms with Crippen LogP contribution in [0.1, 0.15) is 10.4 Å². The van der Waals surface area contributed by atoms with Gasteiger partial charge in [-0.3, -0.25) is 10.1 Å². The number of aromatic nitrogens is 1. The van der Waals surface area contributed by atoms with E-state index in [4.69, 9.17) is 9.47 Å². The van der Waals surface area contributed by atoms with E-state index in [1.807, 2.05) is 78.2 Å². The number of nitrogens with one attached hydrogen (secondary N) is 1. The molecule has 30 heavy (non-hydrogen) atoms. The number of carbonyl (C=O) groups excluding carboxylic acids is 1. The van der Waals surface area contributed by atoms with Crippen molar-refractivity contribution in [3.05, 3.63) is 83.7 Å². The highest BCUT2D eigenvalue weighted by atomic mass is 32.1. The first-order valence-electron chi connectivity index (χ1n) is 9.33. The number of hydrogen-bond donors (Lipinski definition) is 1. The molecular formula is C24H20N2O3S. The fourth-order valence-electron chi connectivity index (χ4n) is 3.18. The molecule has 1 heterocycles. The number of amides is 1. The van der Waals surface area contributed by atoms with E-state index < -0.39 is 0 Å². The quantitative estimate of drug-likeness (QED) is 0.435. The molecule has 150 valence electrons. The van der Waals surface area contributed by atoms with Crippen molar-refractivity contribution in [2.24, 2.45) is 0 Å². The lowest BCUT2D eigenvalue weighted by molar-refractivity contribution is 0.102. The molecule has 5 nitrogen and oxygen atoms in total. The zero-order valence-electron chi connectivity index (χ0n) is 16.6. The third-order valence-corrected chi connectivity index (χ3v) is 5.42. The normalized spacial score (nSPS) is 10.5. The summed E-state index contributed by atoms with van der Waals surface area (Å²) in [4.78, 5) is 17.6. The van der Waals surface area contributed by atoms with Crippen molar-refractivity contribution >= 4 is 22.4 Å². The van der Waals surface area contributed by atoms with Crippen molar-refractivity contribution < 1.29 is 14.3 Å². The van der Waals surface area contributed by atoms with Crippen molar-refractivity contribution in [1.29, 1.82) is 0 Å². The molecule has 6 heteroatoms. The molecule has 0 radical (unpaired) electrons. The topological polar surface area (TPSA) is 60.5 Å². The molecule has 0 unspecified atom stereocenters. The SMILES string of the molecule is COc1ccc(OC)c(-c2csc(NC(=O)c3ccccc3-c3ccccc3)n2)c1. The van der Waals surface area contributed by atoms with Crippen LogP contribution in [0.5, 0.6) is 11.5 Å². The van der Waals surface area contributed by atoms with E-state index in [0.29, 0.717) is 27.9 Å². The largest absolute Gasteiger partial charge is 0.497 e. The average molecular weight is 417 g/mol. The highest BCUT2D eigenvalue weighted by Crippen LogP contribution is 2.35. The molecule has 4 aromatic rings. The summed E-state index contributed by atoms with van der Waals surface area (Å²) >= 11 is 1.36.